The molecule has 1 saturated heterocycles. The van der Waals surface area contributed by atoms with Crippen molar-refractivity contribution in [2.45, 2.75) is 43.3 Å². The number of thioether (sulfide) groups is 1. The van der Waals surface area contributed by atoms with Crippen molar-refractivity contribution in [3.05, 3.63) is 54.6 Å². The third-order valence-corrected chi connectivity index (χ3v) is 6.57. The number of hydrogen-bond donors (Lipinski definition) is 1. The predicted octanol–water partition coefficient (Wildman–Crippen LogP) is 5.13. The second-order valence-corrected chi connectivity index (χ2v) is 9.15. The molecular formula is C24H27N5O2S. The molecule has 0 spiro atoms. The fourth-order valence-corrected chi connectivity index (χ4v) is 4.72. The van der Waals surface area contributed by atoms with E-state index < -0.39 is 0 Å². The standard InChI is InChI=1S/C24H27N5O2S/c30-22(25-18-8-7-11-21(16-18)31-20-9-3-1-4-10-20)17-32-24-27-26-23(29(24)19-12-13-19)28-14-5-2-6-15-28/h1,3-4,7-11,16,19H,2,5-6,12-15,17H2,(H,25,30). The predicted molar refractivity (Wildman–Crippen MR) is 127 cm³/mol. The van der Waals surface area contributed by atoms with Gasteiger partial charge >= 0.3 is 0 Å². The molecule has 32 heavy (non-hydrogen) atoms. The number of aromatic nitrogens is 3. The van der Waals surface area contributed by atoms with Crippen LogP contribution in [-0.2, 0) is 4.79 Å². The molecule has 1 aromatic heterocycles. The van der Waals surface area contributed by atoms with Gasteiger partial charge in [-0.3, -0.25) is 9.36 Å². The summed E-state index contributed by atoms with van der Waals surface area (Å²) in [4.78, 5) is 15.0. The number of benzene rings is 2. The molecule has 1 amide bonds. The topological polar surface area (TPSA) is 72.3 Å². The van der Waals surface area contributed by atoms with Gasteiger partial charge in [0.2, 0.25) is 11.9 Å². The van der Waals surface area contributed by atoms with Gasteiger partial charge in [0, 0.05) is 30.9 Å². The number of ether oxygens (including phenoxy) is 1. The first-order valence-corrected chi connectivity index (χ1v) is 12.2. The maximum Gasteiger partial charge on any atom is 0.234 e. The van der Waals surface area contributed by atoms with Gasteiger partial charge in [0.05, 0.1) is 5.75 Å². The van der Waals surface area contributed by atoms with Gasteiger partial charge < -0.3 is 15.0 Å². The minimum atomic E-state index is -0.0725. The monoisotopic (exact) mass is 449 g/mol. The van der Waals surface area contributed by atoms with Crippen LogP contribution in [0, 0.1) is 0 Å². The fraction of sp³-hybridized carbons (Fsp3) is 0.375. The average molecular weight is 450 g/mol. The number of hydrogen-bond acceptors (Lipinski definition) is 6. The van der Waals surface area contributed by atoms with Crippen molar-refractivity contribution in [3.8, 4) is 11.5 Å². The second kappa shape index (κ2) is 9.65. The Labute approximate surface area is 192 Å². The summed E-state index contributed by atoms with van der Waals surface area (Å²) >= 11 is 1.45. The van der Waals surface area contributed by atoms with Crippen LogP contribution in [0.4, 0.5) is 11.6 Å². The van der Waals surface area contributed by atoms with Crippen molar-refractivity contribution < 1.29 is 9.53 Å². The van der Waals surface area contributed by atoms with Crippen LogP contribution in [0.15, 0.2) is 59.8 Å². The lowest BCUT2D eigenvalue weighted by Crippen LogP contribution is -2.32. The minimum Gasteiger partial charge on any atom is -0.457 e. The number of amides is 1. The number of nitrogens with one attached hydrogen (secondary N) is 1. The highest BCUT2D eigenvalue weighted by Crippen LogP contribution is 2.41. The molecule has 1 aliphatic carbocycles. The summed E-state index contributed by atoms with van der Waals surface area (Å²) in [6.07, 6.45) is 6.01. The van der Waals surface area contributed by atoms with E-state index in [2.05, 4.69) is 25.0 Å². The van der Waals surface area contributed by atoms with Crippen molar-refractivity contribution >= 4 is 29.3 Å². The number of para-hydroxylation sites is 1. The maximum atomic E-state index is 12.6. The van der Waals surface area contributed by atoms with Gasteiger partial charge in [-0.1, -0.05) is 36.0 Å². The van der Waals surface area contributed by atoms with Gasteiger partial charge in [-0.05, 0) is 56.4 Å². The third kappa shape index (κ3) is 5.07. The Morgan fingerprint density at radius 3 is 2.56 bits per heavy atom. The van der Waals surface area contributed by atoms with Crippen LogP contribution in [0.2, 0.25) is 0 Å². The van der Waals surface area contributed by atoms with Crippen LogP contribution in [0.3, 0.4) is 0 Å². The highest BCUT2D eigenvalue weighted by atomic mass is 32.2. The molecule has 0 bridgehead atoms. The zero-order chi connectivity index (χ0) is 21.8. The van der Waals surface area contributed by atoms with Crippen LogP contribution in [0.5, 0.6) is 11.5 Å². The quantitative estimate of drug-likeness (QED) is 0.481. The summed E-state index contributed by atoms with van der Waals surface area (Å²) in [6.45, 7) is 2.08. The van der Waals surface area contributed by atoms with Crippen LogP contribution in [0.1, 0.15) is 38.1 Å². The van der Waals surface area contributed by atoms with Crippen molar-refractivity contribution in [3.63, 3.8) is 0 Å². The van der Waals surface area contributed by atoms with Crippen molar-refractivity contribution in [2.24, 2.45) is 0 Å². The van der Waals surface area contributed by atoms with E-state index in [4.69, 9.17) is 4.74 Å². The van der Waals surface area contributed by atoms with Gasteiger partial charge in [0.15, 0.2) is 5.16 Å². The van der Waals surface area contributed by atoms with Crippen LogP contribution in [-0.4, -0.2) is 39.5 Å². The molecule has 2 aromatic carbocycles. The van der Waals surface area contributed by atoms with Crippen molar-refractivity contribution in [2.75, 3.05) is 29.1 Å². The molecule has 7 nitrogen and oxygen atoms in total. The molecule has 1 N–H and O–H groups in total. The van der Waals surface area contributed by atoms with Crippen LogP contribution >= 0.6 is 11.8 Å². The van der Waals surface area contributed by atoms with Crippen LogP contribution in [0.25, 0.3) is 0 Å². The summed E-state index contributed by atoms with van der Waals surface area (Å²) in [5.41, 5.74) is 0.710. The molecule has 0 unspecified atom stereocenters. The minimum absolute atomic E-state index is 0.0725. The van der Waals surface area contributed by atoms with E-state index in [1.165, 1.54) is 31.0 Å². The molecule has 3 aromatic rings. The third-order valence-electron chi connectivity index (χ3n) is 5.63. The van der Waals surface area contributed by atoms with E-state index in [1.54, 1.807) is 0 Å². The van der Waals surface area contributed by atoms with Crippen LogP contribution < -0.4 is 15.0 Å². The number of rotatable bonds is 8. The molecule has 166 valence electrons. The Kier molecular flexibility index (Phi) is 6.29. The molecule has 2 aliphatic rings. The molecule has 2 fully saturated rings. The Hall–Kier alpha value is -3.00. The molecule has 2 heterocycles. The molecule has 5 rings (SSSR count). The Balaban J connectivity index is 1.20. The highest BCUT2D eigenvalue weighted by molar-refractivity contribution is 7.99. The summed E-state index contributed by atoms with van der Waals surface area (Å²) in [5, 5.41) is 12.7. The Morgan fingerprint density at radius 2 is 1.78 bits per heavy atom. The molecule has 0 atom stereocenters. The molecule has 1 saturated carbocycles. The average Bonchev–Trinajstić information content (AvgIpc) is 3.58. The number of nitrogens with zero attached hydrogens (tertiary/aromatic N) is 4. The van der Waals surface area contributed by atoms with E-state index in [9.17, 15) is 4.79 Å². The van der Waals surface area contributed by atoms with Crippen molar-refractivity contribution in [1.29, 1.82) is 0 Å². The molecular weight excluding hydrogens is 422 g/mol. The first-order chi connectivity index (χ1) is 15.8. The zero-order valence-corrected chi connectivity index (χ0v) is 18.8. The van der Waals surface area contributed by atoms with E-state index >= 15 is 0 Å². The van der Waals surface area contributed by atoms with E-state index in [0.29, 0.717) is 17.5 Å². The molecule has 0 radical (unpaired) electrons. The first kappa shape index (κ1) is 20.9. The maximum absolute atomic E-state index is 12.6. The zero-order valence-electron chi connectivity index (χ0n) is 17.9. The van der Waals surface area contributed by atoms with Gasteiger partial charge in [0.1, 0.15) is 11.5 Å². The van der Waals surface area contributed by atoms with Gasteiger partial charge in [-0.15, -0.1) is 10.2 Å². The van der Waals surface area contributed by atoms with E-state index in [1.807, 2.05) is 54.6 Å². The highest BCUT2D eigenvalue weighted by Gasteiger charge is 2.32. The lowest BCUT2D eigenvalue weighted by atomic mass is 10.1. The lowest BCUT2D eigenvalue weighted by Gasteiger charge is -2.27. The fourth-order valence-electron chi connectivity index (χ4n) is 3.92. The lowest BCUT2D eigenvalue weighted by molar-refractivity contribution is -0.113. The number of anilines is 2. The molecule has 1 aliphatic heterocycles. The van der Waals surface area contributed by atoms with Crippen molar-refractivity contribution in [1.82, 2.24) is 14.8 Å². The summed E-state index contributed by atoms with van der Waals surface area (Å²) in [6, 6.07) is 17.5. The summed E-state index contributed by atoms with van der Waals surface area (Å²) in [5.74, 6) is 2.63. The number of carbonyl (C=O) groups is 1. The summed E-state index contributed by atoms with van der Waals surface area (Å²) < 4.78 is 8.10. The van der Waals surface area contributed by atoms with E-state index in [0.717, 1.165) is 42.8 Å². The first-order valence-electron chi connectivity index (χ1n) is 11.2. The number of carbonyl (C=O) groups excluding carboxylic acids is 1. The molecule has 8 heteroatoms. The largest absolute Gasteiger partial charge is 0.457 e. The van der Waals surface area contributed by atoms with Gasteiger partial charge in [-0.25, -0.2) is 0 Å². The van der Waals surface area contributed by atoms with Gasteiger partial charge in [-0.2, -0.15) is 0 Å². The second-order valence-electron chi connectivity index (χ2n) is 8.21. The van der Waals surface area contributed by atoms with E-state index in [-0.39, 0.29) is 11.7 Å². The Bertz CT molecular complexity index is 1060. The number of piperidine rings is 1. The summed E-state index contributed by atoms with van der Waals surface area (Å²) in [7, 11) is 0. The van der Waals surface area contributed by atoms with Gasteiger partial charge in [0.25, 0.3) is 0 Å². The SMILES string of the molecule is O=C(CSc1nnc(N2CCCCC2)n1C1CC1)Nc1cccc(Oc2ccccc2)c1. The Morgan fingerprint density at radius 1 is 1.00 bits per heavy atom. The normalized spacial score (nSPS) is 16.1. The smallest absolute Gasteiger partial charge is 0.234 e.